The zero-order valence-corrected chi connectivity index (χ0v) is 24.0. The number of nitrogens with zero attached hydrogens (tertiary/aromatic N) is 1. The highest BCUT2D eigenvalue weighted by Gasteiger charge is 2.15. The Hall–Kier alpha value is -5.60. The molecule has 2 nitrogen and oxygen atoms in total. The van der Waals surface area contributed by atoms with Crippen LogP contribution in [0, 0.1) is 6.92 Å². The minimum atomic E-state index is 1.06. The SMILES string of the molecule is Cc1cccc2c1c1ccc(Nc3ccc(-c4ccc5ccccc5c4-c4ccccc4)cc3)cc1n2-c1ccccc1. The normalized spacial score (nSPS) is 11.4. The van der Waals surface area contributed by atoms with Crippen LogP contribution in [0.2, 0.25) is 0 Å². The van der Waals surface area contributed by atoms with Crippen LogP contribution in [0.25, 0.3) is 60.5 Å². The number of nitrogens with one attached hydrogen (secondary N) is 1. The number of benzene rings is 7. The van der Waals surface area contributed by atoms with Gasteiger partial charge >= 0.3 is 0 Å². The molecule has 0 aliphatic carbocycles. The first-order valence-corrected chi connectivity index (χ1v) is 14.8. The van der Waals surface area contributed by atoms with E-state index < -0.39 is 0 Å². The second-order valence-electron chi connectivity index (χ2n) is 11.1. The van der Waals surface area contributed by atoms with Crippen molar-refractivity contribution in [2.75, 3.05) is 5.32 Å². The van der Waals surface area contributed by atoms with Gasteiger partial charge in [0.25, 0.3) is 0 Å². The Labute approximate surface area is 251 Å². The van der Waals surface area contributed by atoms with Crippen molar-refractivity contribution in [2.24, 2.45) is 0 Å². The van der Waals surface area contributed by atoms with Crippen molar-refractivity contribution in [1.82, 2.24) is 4.57 Å². The van der Waals surface area contributed by atoms with Crippen molar-refractivity contribution in [2.45, 2.75) is 6.92 Å². The zero-order valence-electron chi connectivity index (χ0n) is 24.0. The molecule has 8 rings (SSSR count). The summed E-state index contributed by atoms with van der Waals surface area (Å²) < 4.78 is 2.37. The predicted octanol–water partition coefficient (Wildman–Crippen LogP) is 11.3. The van der Waals surface area contributed by atoms with E-state index in [4.69, 9.17) is 0 Å². The van der Waals surface area contributed by atoms with E-state index in [1.165, 1.54) is 66.1 Å². The van der Waals surface area contributed by atoms with E-state index in [1.54, 1.807) is 0 Å². The van der Waals surface area contributed by atoms with Gasteiger partial charge in [-0.25, -0.2) is 0 Å². The van der Waals surface area contributed by atoms with E-state index in [0.717, 1.165) is 11.4 Å². The molecule has 2 heteroatoms. The third-order valence-electron chi connectivity index (χ3n) is 8.49. The summed E-state index contributed by atoms with van der Waals surface area (Å²) in [6, 6.07) is 56.6. The second kappa shape index (κ2) is 10.3. The Morgan fingerprint density at radius 2 is 1.21 bits per heavy atom. The lowest BCUT2D eigenvalue weighted by atomic mass is 9.90. The average Bonchev–Trinajstić information content (AvgIpc) is 3.40. The monoisotopic (exact) mass is 550 g/mol. The van der Waals surface area contributed by atoms with Crippen LogP contribution in [-0.4, -0.2) is 4.57 Å². The third kappa shape index (κ3) is 4.36. The van der Waals surface area contributed by atoms with Crippen molar-refractivity contribution < 1.29 is 0 Å². The van der Waals surface area contributed by atoms with Gasteiger partial charge in [-0.05, 0) is 88.0 Å². The largest absolute Gasteiger partial charge is 0.355 e. The number of anilines is 2. The highest BCUT2D eigenvalue weighted by molar-refractivity contribution is 6.11. The van der Waals surface area contributed by atoms with Crippen molar-refractivity contribution in [3.63, 3.8) is 0 Å². The lowest BCUT2D eigenvalue weighted by Crippen LogP contribution is -1.95. The molecular formula is C41H30N2. The van der Waals surface area contributed by atoms with Gasteiger partial charge in [-0.2, -0.15) is 0 Å². The fourth-order valence-electron chi connectivity index (χ4n) is 6.51. The molecule has 0 aliphatic heterocycles. The molecule has 1 N–H and O–H groups in total. The van der Waals surface area contributed by atoms with Crippen molar-refractivity contribution in [3.8, 4) is 27.9 Å². The third-order valence-corrected chi connectivity index (χ3v) is 8.49. The maximum Gasteiger partial charge on any atom is 0.0561 e. The topological polar surface area (TPSA) is 17.0 Å². The Balaban J connectivity index is 1.19. The number of hydrogen-bond acceptors (Lipinski definition) is 1. The van der Waals surface area contributed by atoms with Crippen LogP contribution in [0.5, 0.6) is 0 Å². The van der Waals surface area contributed by atoms with E-state index >= 15 is 0 Å². The molecule has 0 atom stereocenters. The van der Waals surface area contributed by atoms with Crippen molar-refractivity contribution >= 4 is 44.0 Å². The molecular weight excluding hydrogens is 520 g/mol. The molecule has 0 spiro atoms. The molecule has 0 amide bonds. The van der Waals surface area contributed by atoms with Crippen LogP contribution in [0.1, 0.15) is 5.56 Å². The molecule has 0 radical (unpaired) electrons. The predicted molar refractivity (Wildman–Crippen MR) is 184 cm³/mol. The Morgan fingerprint density at radius 1 is 0.488 bits per heavy atom. The summed E-state index contributed by atoms with van der Waals surface area (Å²) >= 11 is 0. The van der Waals surface area contributed by atoms with Crippen LogP contribution in [0.4, 0.5) is 11.4 Å². The summed E-state index contributed by atoms with van der Waals surface area (Å²) in [6.07, 6.45) is 0. The first-order valence-electron chi connectivity index (χ1n) is 14.8. The number of rotatable bonds is 5. The summed E-state index contributed by atoms with van der Waals surface area (Å²) in [7, 11) is 0. The van der Waals surface area contributed by atoms with Crippen molar-refractivity contribution in [3.05, 3.63) is 163 Å². The number of para-hydroxylation sites is 1. The van der Waals surface area contributed by atoms with Crippen LogP contribution >= 0.6 is 0 Å². The zero-order chi connectivity index (χ0) is 28.8. The molecule has 0 bridgehead atoms. The van der Waals surface area contributed by atoms with Gasteiger partial charge in [-0.1, -0.05) is 115 Å². The molecule has 0 aliphatic rings. The average molecular weight is 551 g/mol. The molecule has 1 heterocycles. The maximum absolute atomic E-state index is 3.67. The van der Waals surface area contributed by atoms with Crippen LogP contribution < -0.4 is 5.32 Å². The van der Waals surface area contributed by atoms with Gasteiger partial charge in [-0.15, -0.1) is 0 Å². The molecule has 0 saturated heterocycles. The molecule has 7 aromatic carbocycles. The molecule has 0 unspecified atom stereocenters. The summed E-state index contributed by atoms with van der Waals surface area (Å²) in [4.78, 5) is 0. The first kappa shape index (κ1) is 25.1. The smallest absolute Gasteiger partial charge is 0.0561 e. The minimum absolute atomic E-state index is 1.06. The Bertz CT molecular complexity index is 2240. The lowest BCUT2D eigenvalue weighted by molar-refractivity contribution is 1.18. The van der Waals surface area contributed by atoms with E-state index in [2.05, 4.69) is 175 Å². The van der Waals surface area contributed by atoms with E-state index in [1.807, 2.05) is 0 Å². The van der Waals surface area contributed by atoms with E-state index in [0.29, 0.717) is 0 Å². The first-order chi connectivity index (χ1) is 21.2. The maximum atomic E-state index is 3.67. The van der Waals surface area contributed by atoms with E-state index in [-0.39, 0.29) is 0 Å². The van der Waals surface area contributed by atoms with Gasteiger partial charge in [0.2, 0.25) is 0 Å². The fraction of sp³-hybridized carbons (Fsp3) is 0.0244. The molecule has 0 saturated carbocycles. The highest BCUT2D eigenvalue weighted by atomic mass is 15.0. The van der Waals surface area contributed by atoms with Gasteiger partial charge in [0.1, 0.15) is 0 Å². The molecule has 1 aromatic heterocycles. The van der Waals surface area contributed by atoms with Gasteiger partial charge in [0.15, 0.2) is 0 Å². The molecule has 0 fully saturated rings. The summed E-state index contributed by atoms with van der Waals surface area (Å²) in [6.45, 7) is 2.20. The van der Waals surface area contributed by atoms with Crippen LogP contribution in [-0.2, 0) is 0 Å². The standard InChI is InChI=1S/C41H30N2/c1-28-11-10-18-38-40(28)37-26-24-33(27-39(37)43(38)34-15-6-3-7-16-34)42-32-22-19-30(20-23-32)36-25-21-29-12-8-9-17-35(29)41(36)31-13-4-2-5-14-31/h2-27,42H,1H3. The minimum Gasteiger partial charge on any atom is -0.355 e. The van der Waals surface area contributed by atoms with Gasteiger partial charge in [-0.3, -0.25) is 0 Å². The quantitative estimate of drug-likeness (QED) is 0.225. The summed E-state index contributed by atoms with van der Waals surface area (Å²) in [5.41, 5.74) is 11.9. The van der Waals surface area contributed by atoms with Gasteiger partial charge in [0, 0.05) is 27.8 Å². The van der Waals surface area contributed by atoms with Crippen LogP contribution in [0.3, 0.4) is 0 Å². The van der Waals surface area contributed by atoms with Crippen molar-refractivity contribution in [1.29, 1.82) is 0 Å². The summed E-state index contributed by atoms with van der Waals surface area (Å²) in [5, 5.41) is 8.77. The molecule has 8 aromatic rings. The Morgan fingerprint density at radius 3 is 2.02 bits per heavy atom. The number of fused-ring (bicyclic) bond motifs is 4. The number of aromatic nitrogens is 1. The van der Waals surface area contributed by atoms with Crippen LogP contribution in [0.15, 0.2) is 158 Å². The molecule has 43 heavy (non-hydrogen) atoms. The number of hydrogen-bond donors (Lipinski definition) is 1. The fourth-order valence-corrected chi connectivity index (χ4v) is 6.51. The molecule has 204 valence electrons. The number of aryl methyl sites for hydroxylation is 1. The van der Waals surface area contributed by atoms with Gasteiger partial charge < -0.3 is 9.88 Å². The van der Waals surface area contributed by atoms with Gasteiger partial charge in [0.05, 0.1) is 11.0 Å². The lowest BCUT2D eigenvalue weighted by Gasteiger charge is -2.15. The second-order valence-corrected chi connectivity index (χ2v) is 11.1. The van der Waals surface area contributed by atoms with E-state index in [9.17, 15) is 0 Å². The highest BCUT2D eigenvalue weighted by Crippen LogP contribution is 2.39. The Kier molecular flexibility index (Phi) is 6.05. The summed E-state index contributed by atoms with van der Waals surface area (Å²) in [5.74, 6) is 0.